The molecule has 0 heterocycles. The number of aliphatic carboxylic acids is 4. The summed E-state index contributed by atoms with van der Waals surface area (Å²) in [5.74, 6) is -2.90. The molecule has 5 N–H and O–H groups in total. The number of carbonyl (C=O) groups is 4. The maximum absolute atomic E-state index is 10.3. The summed E-state index contributed by atoms with van der Waals surface area (Å²) in [5.41, 5.74) is 0. The number of carboxylic acid groups (broad SMARTS) is 4. The smallest absolute Gasteiger partial charge is 0.303 e. The van der Waals surface area contributed by atoms with Crippen LogP contribution in [0.1, 0.15) is 162 Å². The van der Waals surface area contributed by atoms with Crippen LogP contribution >= 0.6 is 0 Å². The van der Waals surface area contributed by atoms with Gasteiger partial charge in [-0.05, 0) is 51.4 Å². The number of aliphatic hydroxyl groups excluding tert-OH is 1. The molecule has 9 nitrogen and oxygen atoms in total. The molecular formula is C32H60O9. The lowest BCUT2D eigenvalue weighted by atomic mass is 10.1. The van der Waals surface area contributed by atoms with Crippen LogP contribution < -0.4 is 0 Å². The minimum Gasteiger partial charge on any atom is -0.481 e. The van der Waals surface area contributed by atoms with E-state index in [9.17, 15) is 24.3 Å². The summed E-state index contributed by atoms with van der Waals surface area (Å²) in [5, 5.41) is 43.0. The molecule has 0 aromatic rings. The largest absolute Gasteiger partial charge is 0.481 e. The second kappa shape index (κ2) is 35.6. The van der Waals surface area contributed by atoms with Crippen LogP contribution in [0.2, 0.25) is 0 Å². The second-order valence-electron chi connectivity index (χ2n) is 10.5. The minimum absolute atomic E-state index is 0.172. The highest BCUT2D eigenvalue weighted by atomic mass is 16.4. The summed E-state index contributed by atoms with van der Waals surface area (Å²) in [7, 11) is 0. The number of unbranched alkanes of at least 4 members (excludes halogenated alkanes) is 13. The zero-order valence-electron chi connectivity index (χ0n) is 25.9. The third-order valence-corrected chi connectivity index (χ3v) is 6.25. The lowest BCUT2D eigenvalue weighted by Crippen LogP contribution is -2.04. The highest BCUT2D eigenvalue weighted by molar-refractivity contribution is 5.67. The molecule has 41 heavy (non-hydrogen) atoms. The summed E-state index contributed by atoms with van der Waals surface area (Å²) in [6.07, 6.45) is 24.0. The van der Waals surface area contributed by atoms with Crippen molar-refractivity contribution >= 4 is 23.9 Å². The third kappa shape index (κ3) is 50.9. The van der Waals surface area contributed by atoms with E-state index in [1.807, 2.05) is 6.92 Å². The maximum Gasteiger partial charge on any atom is 0.303 e. The van der Waals surface area contributed by atoms with Crippen LogP contribution in [0.5, 0.6) is 0 Å². The molecule has 1 atom stereocenters. The van der Waals surface area contributed by atoms with Crippen molar-refractivity contribution in [1.82, 2.24) is 0 Å². The van der Waals surface area contributed by atoms with E-state index in [-0.39, 0.29) is 18.9 Å². The standard InChI is InChI=1S/C18H34O3.C9H16O4.C5H10O2/c1-2-3-4-11-14-17(19)15-12-9-7-5-6-8-10-13-16-18(20)21;10-8(11)6-4-2-1-3-5-7-9(12)13;1-2-3-4-5(6)7/h9,12,17,19H,2-8,10-11,13-16H2,1H3,(H,20,21);1-7H2,(H,10,11)(H,12,13);2-4H2,1H3,(H,6,7)/b12-9-;;/t17-;;/m1../s1. The van der Waals surface area contributed by atoms with Gasteiger partial charge in [0.05, 0.1) is 6.10 Å². The molecule has 0 aromatic carbocycles. The molecule has 0 bridgehead atoms. The lowest BCUT2D eigenvalue weighted by molar-refractivity contribution is -0.138. The second-order valence-corrected chi connectivity index (χ2v) is 10.5. The first-order chi connectivity index (χ1) is 19.6. The van der Waals surface area contributed by atoms with Gasteiger partial charge in [0.1, 0.15) is 0 Å². The quantitative estimate of drug-likeness (QED) is 0.0493. The molecular weight excluding hydrogens is 528 g/mol. The van der Waals surface area contributed by atoms with E-state index in [2.05, 4.69) is 19.1 Å². The predicted molar refractivity (Wildman–Crippen MR) is 163 cm³/mol. The molecule has 0 radical (unpaired) electrons. The summed E-state index contributed by atoms with van der Waals surface area (Å²) in [6.45, 7) is 4.17. The fourth-order valence-electron chi connectivity index (χ4n) is 3.78. The van der Waals surface area contributed by atoms with Crippen LogP contribution in [0.4, 0.5) is 0 Å². The molecule has 0 unspecified atom stereocenters. The van der Waals surface area contributed by atoms with Crippen molar-refractivity contribution in [2.24, 2.45) is 0 Å². The molecule has 0 saturated carbocycles. The van der Waals surface area contributed by atoms with Gasteiger partial charge in [-0.1, -0.05) is 96.6 Å². The van der Waals surface area contributed by atoms with Crippen molar-refractivity contribution in [3.05, 3.63) is 12.2 Å². The van der Waals surface area contributed by atoms with Crippen molar-refractivity contribution in [1.29, 1.82) is 0 Å². The monoisotopic (exact) mass is 588 g/mol. The fraction of sp³-hybridized carbons (Fsp3) is 0.812. The molecule has 0 aliphatic rings. The van der Waals surface area contributed by atoms with E-state index in [1.165, 1.54) is 25.7 Å². The highest BCUT2D eigenvalue weighted by Crippen LogP contribution is 2.10. The Morgan fingerprint density at radius 1 is 0.488 bits per heavy atom. The minimum atomic E-state index is -0.759. The number of allylic oxidation sites excluding steroid dienone is 1. The van der Waals surface area contributed by atoms with Crippen LogP contribution in [0.25, 0.3) is 0 Å². The molecule has 242 valence electrons. The lowest BCUT2D eigenvalue weighted by Gasteiger charge is -2.07. The molecule has 0 amide bonds. The van der Waals surface area contributed by atoms with E-state index >= 15 is 0 Å². The molecule has 0 saturated heterocycles. The Morgan fingerprint density at radius 3 is 1.24 bits per heavy atom. The van der Waals surface area contributed by atoms with Crippen molar-refractivity contribution < 1.29 is 44.7 Å². The Kier molecular flexibility index (Phi) is 37.4. The Labute approximate surface area is 248 Å². The highest BCUT2D eigenvalue weighted by Gasteiger charge is 2.01. The molecule has 9 heteroatoms. The zero-order valence-corrected chi connectivity index (χ0v) is 25.9. The van der Waals surface area contributed by atoms with Crippen molar-refractivity contribution in [3.8, 4) is 0 Å². The first kappa shape index (κ1) is 43.0. The van der Waals surface area contributed by atoms with Gasteiger partial charge in [-0.15, -0.1) is 0 Å². The molecule has 0 rings (SSSR count). The average molecular weight is 589 g/mol. The summed E-state index contributed by atoms with van der Waals surface area (Å²) in [6, 6.07) is 0. The average Bonchev–Trinajstić information content (AvgIpc) is 2.90. The summed E-state index contributed by atoms with van der Waals surface area (Å²) < 4.78 is 0. The van der Waals surface area contributed by atoms with Gasteiger partial charge in [0.25, 0.3) is 0 Å². The molecule has 0 aliphatic carbocycles. The van der Waals surface area contributed by atoms with Crippen molar-refractivity contribution in [2.75, 3.05) is 0 Å². The summed E-state index contributed by atoms with van der Waals surface area (Å²) in [4.78, 5) is 40.3. The number of hydrogen-bond acceptors (Lipinski definition) is 5. The Bertz CT molecular complexity index is 629. The van der Waals surface area contributed by atoms with Crippen LogP contribution in [0, 0.1) is 0 Å². The van der Waals surface area contributed by atoms with Crippen LogP contribution in [-0.4, -0.2) is 55.5 Å². The van der Waals surface area contributed by atoms with Crippen molar-refractivity contribution in [2.45, 2.75) is 168 Å². The van der Waals surface area contributed by atoms with Gasteiger partial charge in [0, 0.05) is 25.7 Å². The van der Waals surface area contributed by atoms with Gasteiger partial charge in [-0.25, -0.2) is 0 Å². The van der Waals surface area contributed by atoms with E-state index in [0.29, 0.717) is 25.7 Å². The Balaban J connectivity index is -0.000000610. The van der Waals surface area contributed by atoms with Gasteiger partial charge < -0.3 is 25.5 Å². The molecule has 0 aromatic heterocycles. The molecule has 0 spiro atoms. The first-order valence-corrected chi connectivity index (χ1v) is 15.8. The Hall–Kier alpha value is -2.42. The molecule has 0 aliphatic heterocycles. The Morgan fingerprint density at radius 2 is 0.854 bits per heavy atom. The number of carboxylic acids is 4. The molecule has 0 fully saturated rings. The van der Waals surface area contributed by atoms with E-state index in [1.54, 1.807) is 0 Å². The number of rotatable bonds is 26. The third-order valence-electron chi connectivity index (χ3n) is 6.25. The fourth-order valence-corrected chi connectivity index (χ4v) is 3.78. The van der Waals surface area contributed by atoms with E-state index in [0.717, 1.165) is 83.5 Å². The zero-order chi connectivity index (χ0) is 31.6. The maximum atomic E-state index is 10.3. The number of hydrogen-bond donors (Lipinski definition) is 5. The first-order valence-electron chi connectivity index (χ1n) is 15.8. The summed E-state index contributed by atoms with van der Waals surface area (Å²) >= 11 is 0. The van der Waals surface area contributed by atoms with Gasteiger partial charge >= 0.3 is 23.9 Å². The van der Waals surface area contributed by atoms with Crippen LogP contribution in [0.3, 0.4) is 0 Å². The van der Waals surface area contributed by atoms with E-state index in [4.69, 9.17) is 20.4 Å². The van der Waals surface area contributed by atoms with Gasteiger partial charge in [0.15, 0.2) is 0 Å². The van der Waals surface area contributed by atoms with Gasteiger partial charge in [0.2, 0.25) is 0 Å². The number of aliphatic hydroxyl groups is 1. The van der Waals surface area contributed by atoms with Crippen LogP contribution in [-0.2, 0) is 19.2 Å². The normalized spacial score (nSPS) is 11.2. The predicted octanol–water partition coefficient (Wildman–Crippen LogP) is 8.23. The van der Waals surface area contributed by atoms with Gasteiger partial charge in [-0.3, -0.25) is 19.2 Å². The van der Waals surface area contributed by atoms with Crippen LogP contribution in [0.15, 0.2) is 12.2 Å². The van der Waals surface area contributed by atoms with E-state index < -0.39 is 23.9 Å². The topological polar surface area (TPSA) is 169 Å². The van der Waals surface area contributed by atoms with Gasteiger partial charge in [-0.2, -0.15) is 0 Å². The SMILES string of the molecule is CCCCC(=O)O.CCCCCC[C@@H](O)C/C=C\CCCCCCCC(=O)O.O=C(O)CCCCCCCC(=O)O. The van der Waals surface area contributed by atoms with Crippen molar-refractivity contribution in [3.63, 3.8) is 0 Å².